The van der Waals surface area contributed by atoms with Gasteiger partial charge in [-0.25, -0.2) is 8.42 Å². The van der Waals surface area contributed by atoms with Gasteiger partial charge in [-0.2, -0.15) is 0 Å². The molecule has 3 aromatic carbocycles. The number of rotatable bonds is 7. The number of sulfonamides is 1. The van der Waals surface area contributed by atoms with Crippen LogP contribution < -0.4 is 14.4 Å². The summed E-state index contributed by atoms with van der Waals surface area (Å²) in [7, 11) is -3.94. The largest absolute Gasteiger partial charge is 0.476 e. The minimum absolute atomic E-state index is 0.0967. The molecular weight excluding hydrogens is 510 g/mol. The van der Waals surface area contributed by atoms with Crippen molar-refractivity contribution in [3.8, 4) is 5.75 Å². The molecule has 1 amide bonds. The van der Waals surface area contributed by atoms with Gasteiger partial charge in [0, 0.05) is 18.1 Å². The van der Waals surface area contributed by atoms with Gasteiger partial charge in [-0.1, -0.05) is 54.4 Å². The predicted octanol–water partition coefficient (Wildman–Crippen LogP) is 4.60. The van der Waals surface area contributed by atoms with E-state index in [1.807, 2.05) is 18.2 Å². The van der Waals surface area contributed by atoms with Gasteiger partial charge in [-0.3, -0.25) is 14.0 Å². The summed E-state index contributed by atoms with van der Waals surface area (Å²) in [6.45, 7) is 3.24. The van der Waals surface area contributed by atoms with Gasteiger partial charge in [-0.05, 0) is 73.5 Å². The lowest BCUT2D eigenvalue weighted by molar-refractivity contribution is -0.127. The monoisotopic (exact) mass is 539 g/mol. The number of benzene rings is 3. The highest BCUT2D eigenvalue weighted by Gasteiger charge is 2.37. The molecule has 0 unspecified atom stereocenters. The number of nitrogens with zero attached hydrogens (tertiary/aromatic N) is 2. The van der Waals surface area contributed by atoms with Gasteiger partial charge in [0.25, 0.3) is 15.9 Å². The molecule has 3 aromatic rings. The molecule has 1 fully saturated rings. The molecule has 1 atom stereocenters. The molecule has 1 N–H and O–H groups in total. The zero-order valence-corrected chi connectivity index (χ0v) is 22.0. The van der Waals surface area contributed by atoms with Crippen molar-refractivity contribution in [1.29, 1.82) is 0 Å². The highest BCUT2D eigenvalue weighted by Crippen LogP contribution is 2.37. The molecule has 2 aliphatic heterocycles. The molecule has 0 saturated carbocycles. The van der Waals surface area contributed by atoms with E-state index in [-0.39, 0.29) is 17.3 Å². The fraction of sp³-hybridized carbons (Fsp3) is 0.321. The summed E-state index contributed by atoms with van der Waals surface area (Å²) in [5, 5.41) is 3.42. The van der Waals surface area contributed by atoms with E-state index < -0.39 is 16.1 Å². The lowest BCUT2D eigenvalue weighted by atomic mass is 10.0. The quantitative estimate of drug-likeness (QED) is 0.475. The van der Waals surface area contributed by atoms with Crippen LogP contribution in [-0.4, -0.2) is 45.0 Å². The molecule has 1 saturated heterocycles. The summed E-state index contributed by atoms with van der Waals surface area (Å²) in [6.07, 6.45) is 2.72. The number of piperidine rings is 1. The molecule has 9 heteroatoms. The highest BCUT2D eigenvalue weighted by molar-refractivity contribution is 7.92. The van der Waals surface area contributed by atoms with Crippen molar-refractivity contribution < 1.29 is 17.9 Å². The van der Waals surface area contributed by atoms with Crippen molar-refractivity contribution >= 4 is 33.2 Å². The lowest BCUT2D eigenvalue weighted by Gasteiger charge is -2.34. The maximum absolute atomic E-state index is 13.5. The number of halogens is 1. The number of carbonyl (C=O) groups is 1. The molecule has 0 aliphatic carbocycles. The van der Waals surface area contributed by atoms with Crippen LogP contribution in [0.3, 0.4) is 0 Å². The van der Waals surface area contributed by atoms with Gasteiger partial charge in [0.2, 0.25) is 0 Å². The summed E-state index contributed by atoms with van der Waals surface area (Å²) in [4.78, 5) is 15.8. The van der Waals surface area contributed by atoms with Crippen molar-refractivity contribution in [3.63, 3.8) is 0 Å². The summed E-state index contributed by atoms with van der Waals surface area (Å²) in [6, 6.07) is 20.9. The van der Waals surface area contributed by atoms with Gasteiger partial charge in [0.15, 0.2) is 6.10 Å². The zero-order valence-electron chi connectivity index (χ0n) is 20.5. The maximum atomic E-state index is 13.5. The number of para-hydroxylation sites is 2. The van der Waals surface area contributed by atoms with Crippen LogP contribution in [-0.2, 0) is 27.9 Å². The van der Waals surface area contributed by atoms with Crippen LogP contribution in [0.1, 0.15) is 30.4 Å². The minimum Gasteiger partial charge on any atom is -0.476 e. The number of nitrogens with one attached hydrogen (secondary N) is 1. The van der Waals surface area contributed by atoms with Crippen LogP contribution in [0, 0.1) is 0 Å². The van der Waals surface area contributed by atoms with Gasteiger partial charge < -0.3 is 10.1 Å². The minimum atomic E-state index is -3.94. The molecule has 2 heterocycles. The van der Waals surface area contributed by atoms with Gasteiger partial charge >= 0.3 is 0 Å². The number of hydrogen-bond acceptors (Lipinski definition) is 5. The first-order valence-electron chi connectivity index (χ1n) is 12.5. The second-order valence-corrected chi connectivity index (χ2v) is 11.7. The molecule has 0 bridgehead atoms. The van der Waals surface area contributed by atoms with Crippen molar-refractivity contribution in [1.82, 2.24) is 10.2 Å². The SMILES string of the molecule is O=C(NCc1ccccc1CN1CCCCC1)[C@H]1CN(S(=O)(=O)c2ccc(Cl)cc2)c2ccccc2O1. The van der Waals surface area contributed by atoms with Crippen LogP contribution in [0.25, 0.3) is 0 Å². The number of amides is 1. The van der Waals surface area contributed by atoms with Crippen molar-refractivity contribution in [3.05, 3.63) is 88.9 Å². The zero-order chi connectivity index (χ0) is 25.8. The van der Waals surface area contributed by atoms with Crippen LogP contribution in [0.5, 0.6) is 5.75 Å². The number of ether oxygens (including phenoxy) is 1. The molecule has 0 spiro atoms. The highest BCUT2D eigenvalue weighted by atomic mass is 35.5. The number of likely N-dealkylation sites (tertiary alicyclic amines) is 1. The first kappa shape index (κ1) is 25.6. The second-order valence-electron chi connectivity index (χ2n) is 9.39. The van der Waals surface area contributed by atoms with E-state index in [2.05, 4.69) is 16.3 Å². The Labute approximate surface area is 223 Å². The van der Waals surface area contributed by atoms with E-state index in [4.69, 9.17) is 16.3 Å². The Morgan fingerprint density at radius 2 is 1.59 bits per heavy atom. The summed E-state index contributed by atoms with van der Waals surface area (Å²) in [5.41, 5.74) is 2.63. The standard InChI is InChI=1S/C28H30ClN3O4S/c29-23-12-14-24(15-13-23)37(34,35)32-20-27(36-26-11-5-4-10-25(26)32)28(33)30-18-21-8-2-3-9-22(21)19-31-16-6-1-7-17-31/h2-5,8-15,27H,1,6-7,16-20H2,(H,30,33)/t27-/m1/s1. The van der Waals surface area contributed by atoms with Gasteiger partial charge in [0.1, 0.15) is 5.75 Å². The summed E-state index contributed by atoms with van der Waals surface area (Å²) < 4.78 is 34.3. The van der Waals surface area contributed by atoms with E-state index >= 15 is 0 Å². The third kappa shape index (κ3) is 5.76. The van der Waals surface area contributed by atoms with E-state index in [1.54, 1.807) is 24.3 Å². The third-order valence-electron chi connectivity index (χ3n) is 6.84. The first-order chi connectivity index (χ1) is 17.9. The Bertz CT molecular complexity index is 1360. The number of carbonyl (C=O) groups excluding carboxylic acids is 1. The molecule has 5 rings (SSSR count). The average molecular weight is 540 g/mol. The van der Waals surface area contributed by atoms with Gasteiger partial charge in [0.05, 0.1) is 17.1 Å². The van der Waals surface area contributed by atoms with Crippen molar-refractivity contribution in [2.24, 2.45) is 0 Å². The summed E-state index contributed by atoms with van der Waals surface area (Å²) in [5.74, 6) is -0.0180. The molecule has 2 aliphatic rings. The predicted molar refractivity (Wildman–Crippen MR) is 144 cm³/mol. The molecule has 194 valence electrons. The van der Waals surface area contributed by atoms with E-state index in [0.29, 0.717) is 23.0 Å². The van der Waals surface area contributed by atoms with E-state index in [0.717, 1.165) is 25.2 Å². The molecule has 0 radical (unpaired) electrons. The summed E-state index contributed by atoms with van der Waals surface area (Å²) >= 11 is 5.96. The third-order valence-corrected chi connectivity index (χ3v) is 8.89. The fourth-order valence-electron chi connectivity index (χ4n) is 4.84. The molecule has 37 heavy (non-hydrogen) atoms. The van der Waals surface area contributed by atoms with Gasteiger partial charge in [-0.15, -0.1) is 0 Å². The first-order valence-corrected chi connectivity index (χ1v) is 14.3. The van der Waals surface area contributed by atoms with Crippen LogP contribution in [0.4, 0.5) is 5.69 Å². The molecule has 7 nitrogen and oxygen atoms in total. The Balaban J connectivity index is 1.32. The van der Waals surface area contributed by atoms with Crippen LogP contribution in [0.2, 0.25) is 5.02 Å². The number of anilines is 1. The fourth-order valence-corrected chi connectivity index (χ4v) is 6.44. The normalized spacial score (nSPS) is 18.1. The Morgan fingerprint density at radius 1 is 0.919 bits per heavy atom. The van der Waals surface area contributed by atoms with Crippen LogP contribution in [0.15, 0.2) is 77.7 Å². The number of fused-ring (bicyclic) bond motifs is 1. The molecular formula is C28H30ClN3O4S. The van der Waals surface area contributed by atoms with E-state index in [1.165, 1.54) is 53.4 Å². The second kappa shape index (κ2) is 11.1. The van der Waals surface area contributed by atoms with Crippen molar-refractivity contribution in [2.45, 2.75) is 43.4 Å². The smallest absolute Gasteiger partial charge is 0.264 e. The van der Waals surface area contributed by atoms with E-state index in [9.17, 15) is 13.2 Å². The molecule has 0 aromatic heterocycles. The Morgan fingerprint density at radius 3 is 2.35 bits per heavy atom. The maximum Gasteiger partial charge on any atom is 0.264 e. The Hall–Kier alpha value is -3.07. The number of hydrogen-bond donors (Lipinski definition) is 1. The van der Waals surface area contributed by atoms with Crippen molar-refractivity contribution in [2.75, 3.05) is 23.9 Å². The topological polar surface area (TPSA) is 79.0 Å². The lowest BCUT2D eigenvalue weighted by Crippen LogP contribution is -2.50. The Kier molecular flexibility index (Phi) is 7.69. The van der Waals surface area contributed by atoms with Crippen LogP contribution >= 0.6 is 11.6 Å². The average Bonchev–Trinajstić information content (AvgIpc) is 2.92.